The Hall–Kier alpha value is -3.80. The van der Waals surface area contributed by atoms with Crippen LogP contribution in [0.1, 0.15) is 27.2 Å². The highest BCUT2D eigenvalue weighted by Gasteiger charge is 2.23. The minimum atomic E-state index is -0.162. The molecule has 0 fully saturated rings. The largest absolute Gasteiger partial charge is 0.497 e. The van der Waals surface area contributed by atoms with Gasteiger partial charge in [-0.25, -0.2) is 4.68 Å². The Morgan fingerprint density at radius 1 is 1.00 bits per heavy atom. The van der Waals surface area contributed by atoms with Crippen molar-refractivity contribution in [2.75, 3.05) is 7.11 Å². The molecule has 0 saturated carbocycles. The number of hydrogen-bond acceptors (Lipinski definition) is 3. The monoisotopic (exact) mass is 400 g/mol. The average Bonchev–Trinajstić information content (AvgIpc) is 3.40. The number of nitrogens with zero attached hydrogens (tertiary/aromatic N) is 3. The number of aryl methyl sites for hydroxylation is 2. The lowest BCUT2D eigenvalue weighted by Gasteiger charge is -2.12. The number of amides is 1. The lowest BCUT2D eigenvalue weighted by Crippen LogP contribution is -2.24. The Morgan fingerprint density at radius 3 is 2.30 bits per heavy atom. The standard InChI is InChI=1S/C24H24N4O2/c1-17-6-10-20(11-7-17)28-24(27-14-4-5-15-27)22(18(2)26-28)23(29)25-16-19-8-12-21(30-3)13-9-19/h4-15H,16H2,1-3H3,(H,25,29). The minimum Gasteiger partial charge on any atom is -0.497 e. The molecule has 2 aromatic carbocycles. The number of hydrogen-bond donors (Lipinski definition) is 1. The van der Waals surface area contributed by atoms with Crippen LogP contribution in [0.3, 0.4) is 0 Å². The number of methoxy groups -OCH3 is 1. The molecule has 1 N–H and O–H groups in total. The maximum Gasteiger partial charge on any atom is 0.257 e. The second-order valence-corrected chi connectivity index (χ2v) is 7.15. The first-order valence-corrected chi connectivity index (χ1v) is 9.78. The average molecular weight is 400 g/mol. The van der Waals surface area contributed by atoms with Crippen LogP contribution < -0.4 is 10.1 Å². The highest BCUT2D eigenvalue weighted by molar-refractivity contribution is 5.98. The predicted molar refractivity (Wildman–Crippen MR) is 117 cm³/mol. The molecule has 0 aliphatic rings. The summed E-state index contributed by atoms with van der Waals surface area (Å²) in [6, 6.07) is 19.6. The summed E-state index contributed by atoms with van der Waals surface area (Å²) in [5.74, 6) is 1.34. The number of benzene rings is 2. The van der Waals surface area contributed by atoms with Crippen molar-refractivity contribution < 1.29 is 9.53 Å². The molecule has 6 heteroatoms. The van der Waals surface area contributed by atoms with Gasteiger partial charge in [0.25, 0.3) is 5.91 Å². The molecule has 30 heavy (non-hydrogen) atoms. The van der Waals surface area contributed by atoms with Crippen LogP contribution in [0.5, 0.6) is 5.75 Å². The van der Waals surface area contributed by atoms with Crippen molar-refractivity contribution in [3.8, 4) is 17.3 Å². The van der Waals surface area contributed by atoms with Gasteiger partial charge in [0, 0.05) is 18.9 Å². The molecule has 0 spiro atoms. The topological polar surface area (TPSA) is 61.1 Å². The first kappa shape index (κ1) is 19.5. The summed E-state index contributed by atoms with van der Waals surface area (Å²) in [6.07, 6.45) is 3.84. The first-order valence-electron chi connectivity index (χ1n) is 9.78. The molecule has 0 aliphatic heterocycles. The Morgan fingerprint density at radius 2 is 1.67 bits per heavy atom. The van der Waals surface area contributed by atoms with E-state index in [1.54, 1.807) is 7.11 Å². The van der Waals surface area contributed by atoms with E-state index >= 15 is 0 Å². The van der Waals surface area contributed by atoms with Gasteiger partial charge in [0.1, 0.15) is 11.3 Å². The summed E-state index contributed by atoms with van der Waals surface area (Å²) in [6.45, 7) is 4.33. The fraction of sp³-hybridized carbons (Fsp3) is 0.167. The van der Waals surface area contributed by atoms with Crippen LogP contribution in [0.25, 0.3) is 11.5 Å². The van der Waals surface area contributed by atoms with Crippen molar-refractivity contribution in [1.82, 2.24) is 19.7 Å². The molecular weight excluding hydrogens is 376 g/mol. The van der Waals surface area contributed by atoms with Crippen molar-refractivity contribution in [2.24, 2.45) is 0 Å². The number of carbonyl (C=O) groups is 1. The summed E-state index contributed by atoms with van der Waals surface area (Å²) in [5, 5.41) is 7.71. The van der Waals surface area contributed by atoms with Gasteiger partial charge < -0.3 is 14.6 Å². The smallest absolute Gasteiger partial charge is 0.257 e. The molecule has 6 nitrogen and oxygen atoms in total. The van der Waals surface area contributed by atoms with Gasteiger partial charge >= 0.3 is 0 Å². The Kier molecular flexibility index (Phi) is 5.39. The van der Waals surface area contributed by atoms with Crippen LogP contribution in [-0.2, 0) is 6.54 Å². The fourth-order valence-corrected chi connectivity index (χ4v) is 3.38. The second-order valence-electron chi connectivity index (χ2n) is 7.15. The van der Waals surface area contributed by atoms with Gasteiger partial charge in [-0.1, -0.05) is 29.8 Å². The molecule has 2 heterocycles. The van der Waals surface area contributed by atoms with E-state index in [0.29, 0.717) is 23.6 Å². The third kappa shape index (κ3) is 3.85. The zero-order valence-electron chi connectivity index (χ0n) is 17.3. The van der Waals surface area contributed by atoms with Gasteiger partial charge in [-0.15, -0.1) is 0 Å². The van der Waals surface area contributed by atoms with E-state index in [4.69, 9.17) is 4.74 Å². The summed E-state index contributed by atoms with van der Waals surface area (Å²) in [4.78, 5) is 13.2. The lowest BCUT2D eigenvalue weighted by atomic mass is 10.2. The number of aromatic nitrogens is 3. The van der Waals surface area contributed by atoms with E-state index in [2.05, 4.69) is 10.4 Å². The van der Waals surface area contributed by atoms with E-state index in [1.807, 2.05) is 96.2 Å². The van der Waals surface area contributed by atoms with E-state index in [1.165, 1.54) is 5.56 Å². The fourth-order valence-electron chi connectivity index (χ4n) is 3.38. The molecule has 0 radical (unpaired) electrons. The van der Waals surface area contributed by atoms with Crippen molar-refractivity contribution in [2.45, 2.75) is 20.4 Å². The molecule has 1 amide bonds. The quantitative estimate of drug-likeness (QED) is 0.527. The molecule has 0 atom stereocenters. The summed E-state index contributed by atoms with van der Waals surface area (Å²) in [5.41, 5.74) is 4.30. The molecule has 2 aromatic heterocycles. The van der Waals surface area contributed by atoms with E-state index in [-0.39, 0.29) is 5.91 Å². The van der Waals surface area contributed by atoms with Gasteiger partial charge in [-0.05, 0) is 55.8 Å². The van der Waals surface area contributed by atoms with Gasteiger partial charge in [0.15, 0.2) is 5.82 Å². The molecule has 152 valence electrons. The van der Waals surface area contributed by atoms with Crippen LogP contribution in [0.15, 0.2) is 73.1 Å². The lowest BCUT2D eigenvalue weighted by molar-refractivity contribution is 0.0950. The second kappa shape index (κ2) is 8.29. The number of rotatable bonds is 6. The molecule has 4 aromatic rings. The van der Waals surface area contributed by atoms with Gasteiger partial charge in [0.2, 0.25) is 0 Å². The Bertz CT molecular complexity index is 1140. The Labute approximate surface area is 175 Å². The third-order valence-corrected chi connectivity index (χ3v) is 5.00. The normalized spacial score (nSPS) is 10.8. The Balaban J connectivity index is 1.68. The minimum absolute atomic E-state index is 0.162. The first-order chi connectivity index (χ1) is 14.6. The van der Waals surface area contributed by atoms with E-state index in [0.717, 1.165) is 17.0 Å². The molecule has 0 bridgehead atoms. The highest BCUT2D eigenvalue weighted by atomic mass is 16.5. The molecular formula is C24H24N4O2. The zero-order valence-corrected chi connectivity index (χ0v) is 17.3. The third-order valence-electron chi connectivity index (χ3n) is 5.00. The molecule has 0 saturated heterocycles. The van der Waals surface area contributed by atoms with Crippen LogP contribution in [-0.4, -0.2) is 27.4 Å². The van der Waals surface area contributed by atoms with Crippen LogP contribution >= 0.6 is 0 Å². The maximum absolute atomic E-state index is 13.2. The number of carbonyl (C=O) groups excluding carboxylic acids is 1. The van der Waals surface area contributed by atoms with Crippen LogP contribution in [0.4, 0.5) is 0 Å². The number of ether oxygens (including phenoxy) is 1. The highest BCUT2D eigenvalue weighted by Crippen LogP contribution is 2.23. The van der Waals surface area contributed by atoms with Gasteiger partial charge in [-0.3, -0.25) is 4.79 Å². The maximum atomic E-state index is 13.2. The van der Waals surface area contributed by atoms with Gasteiger partial charge in [-0.2, -0.15) is 5.10 Å². The predicted octanol–water partition coefficient (Wildman–Crippen LogP) is 4.22. The summed E-state index contributed by atoms with van der Waals surface area (Å²) in [7, 11) is 1.63. The molecule has 0 aliphatic carbocycles. The SMILES string of the molecule is COc1ccc(CNC(=O)c2c(C)nn(-c3ccc(C)cc3)c2-n2cccc2)cc1. The van der Waals surface area contributed by atoms with Crippen molar-refractivity contribution in [3.05, 3.63) is 95.4 Å². The summed E-state index contributed by atoms with van der Waals surface area (Å²) >= 11 is 0. The summed E-state index contributed by atoms with van der Waals surface area (Å²) < 4.78 is 8.92. The van der Waals surface area contributed by atoms with E-state index < -0.39 is 0 Å². The number of nitrogens with one attached hydrogen (secondary N) is 1. The van der Waals surface area contributed by atoms with Crippen molar-refractivity contribution in [3.63, 3.8) is 0 Å². The van der Waals surface area contributed by atoms with Crippen LogP contribution in [0.2, 0.25) is 0 Å². The van der Waals surface area contributed by atoms with E-state index in [9.17, 15) is 4.79 Å². The van der Waals surface area contributed by atoms with Gasteiger partial charge in [0.05, 0.1) is 18.5 Å². The van der Waals surface area contributed by atoms with Crippen molar-refractivity contribution >= 4 is 5.91 Å². The zero-order chi connectivity index (χ0) is 21.1. The molecule has 4 rings (SSSR count). The van der Waals surface area contributed by atoms with Crippen molar-refractivity contribution in [1.29, 1.82) is 0 Å². The molecule has 0 unspecified atom stereocenters. The van der Waals surface area contributed by atoms with Crippen LogP contribution in [0, 0.1) is 13.8 Å².